The molecule has 1 saturated heterocycles. The highest BCUT2D eigenvalue weighted by Gasteiger charge is 2.27. The second-order valence-electron chi connectivity index (χ2n) is 6.86. The van der Waals surface area contributed by atoms with Crippen LogP contribution in [0.15, 0.2) is 36.4 Å². The number of anilines is 1. The van der Waals surface area contributed by atoms with E-state index in [4.69, 9.17) is 0 Å². The Bertz CT molecular complexity index is 888. The Morgan fingerprint density at radius 3 is 2.29 bits per heavy atom. The maximum absolute atomic E-state index is 12.8. The zero-order chi connectivity index (χ0) is 20.3. The number of hydrogen-bond acceptors (Lipinski definition) is 6. The molecule has 8 nitrogen and oxygen atoms in total. The molecule has 2 aromatic rings. The number of carbonyl (C=O) groups is 2. The molecule has 1 aromatic carbocycles. The predicted octanol–water partition coefficient (Wildman–Crippen LogP) is 3.07. The summed E-state index contributed by atoms with van der Waals surface area (Å²) in [5.41, 5.74) is 1.51. The molecule has 2 heterocycles. The number of carbonyl (C=O) groups excluding carboxylic acids is 2. The van der Waals surface area contributed by atoms with E-state index in [0.717, 1.165) is 17.0 Å². The lowest BCUT2D eigenvalue weighted by Crippen LogP contribution is -2.50. The van der Waals surface area contributed by atoms with Crippen molar-refractivity contribution >= 4 is 33.8 Å². The van der Waals surface area contributed by atoms with Gasteiger partial charge in [-0.3, -0.25) is 19.7 Å². The number of piperazine rings is 1. The molecule has 9 heteroatoms. The lowest BCUT2D eigenvalue weighted by atomic mass is 10.1. The zero-order valence-electron chi connectivity index (χ0n) is 15.8. The number of rotatable bonds is 5. The van der Waals surface area contributed by atoms with E-state index in [1.165, 1.54) is 12.1 Å². The zero-order valence-corrected chi connectivity index (χ0v) is 16.6. The van der Waals surface area contributed by atoms with Gasteiger partial charge in [0, 0.05) is 49.5 Å². The van der Waals surface area contributed by atoms with Crippen molar-refractivity contribution in [1.82, 2.24) is 9.80 Å². The van der Waals surface area contributed by atoms with Gasteiger partial charge in [0.05, 0.1) is 9.80 Å². The van der Waals surface area contributed by atoms with E-state index in [1.54, 1.807) is 15.9 Å². The van der Waals surface area contributed by atoms with Crippen LogP contribution in [0, 0.1) is 10.1 Å². The topological polar surface area (TPSA) is 95.8 Å². The lowest BCUT2D eigenvalue weighted by Gasteiger charge is -2.34. The summed E-state index contributed by atoms with van der Waals surface area (Å²) in [5, 5.41) is 14.0. The molecule has 0 radical (unpaired) electrons. The Morgan fingerprint density at radius 1 is 1.07 bits per heavy atom. The Hall–Kier alpha value is -2.94. The first-order valence-electron chi connectivity index (χ1n) is 9.04. The Balaban J connectivity index is 1.60. The van der Waals surface area contributed by atoms with Crippen LogP contribution in [0.4, 0.5) is 10.7 Å². The van der Waals surface area contributed by atoms with Crippen LogP contribution in [-0.4, -0.2) is 58.8 Å². The van der Waals surface area contributed by atoms with E-state index >= 15 is 0 Å². The van der Waals surface area contributed by atoms with E-state index in [1.807, 2.05) is 32.0 Å². The predicted molar refractivity (Wildman–Crippen MR) is 108 cm³/mol. The van der Waals surface area contributed by atoms with Gasteiger partial charge in [0.1, 0.15) is 0 Å². The molecule has 1 aromatic heterocycles. The summed E-state index contributed by atoms with van der Waals surface area (Å²) >= 11 is 0.875. The average Bonchev–Trinajstić information content (AvgIpc) is 3.17. The molecule has 1 aliphatic heterocycles. The van der Waals surface area contributed by atoms with Gasteiger partial charge < -0.3 is 15.1 Å². The fraction of sp³-hybridized carbons (Fsp3) is 0.368. The summed E-state index contributed by atoms with van der Waals surface area (Å²) in [7, 11) is 0. The molecular weight excluding hydrogens is 380 g/mol. The maximum Gasteiger partial charge on any atom is 0.324 e. The standard InChI is InChI=1S/C19H22N4O4S/c1-13(2)20-15-5-3-4-14(12-15)18(24)21-8-10-22(11-9-21)19(25)16-6-7-17(28-16)23(26)27/h3-7,12-13,20H,8-11H2,1-2H3. The van der Waals surface area contributed by atoms with Gasteiger partial charge in [-0.1, -0.05) is 17.4 Å². The molecule has 28 heavy (non-hydrogen) atoms. The number of nitrogens with one attached hydrogen (secondary N) is 1. The molecule has 148 valence electrons. The number of thiophene rings is 1. The summed E-state index contributed by atoms with van der Waals surface area (Å²) in [6.45, 7) is 5.74. The molecule has 0 atom stereocenters. The first-order valence-corrected chi connectivity index (χ1v) is 9.86. The summed E-state index contributed by atoms with van der Waals surface area (Å²) in [4.78, 5) is 39.3. The van der Waals surface area contributed by atoms with Gasteiger partial charge in [-0.05, 0) is 38.1 Å². The normalized spacial score (nSPS) is 14.2. The van der Waals surface area contributed by atoms with Crippen molar-refractivity contribution in [2.75, 3.05) is 31.5 Å². The third-order valence-corrected chi connectivity index (χ3v) is 5.43. The summed E-state index contributed by atoms with van der Waals surface area (Å²) in [6.07, 6.45) is 0. The molecule has 0 aliphatic carbocycles. The van der Waals surface area contributed by atoms with Gasteiger partial charge in [0.15, 0.2) is 0 Å². The number of benzene rings is 1. The highest BCUT2D eigenvalue weighted by Crippen LogP contribution is 2.25. The third kappa shape index (κ3) is 4.48. The number of nitrogens with zero attached hydrogens (tertiary/aromatic N) is 3. The summed E-state index contributed by atoms with van der Waals surface area (Å²) in [6, 6.07) is 10.5. The largest absolute Gasteiger partial charge is 0.383 e. The molecule has 3 rings (SSSR count). The lowest BCUT2D eigenvalue weighted by molar-refractivity contribution is -0.380. The van der Waals surface area contributed by atoms with Crippen molar-refractivity contribution in [3.05, 3.63) is 57.0 Å². The van der Waals surface area contributed by atoms with Crippen LogP contribution < -0.4 is 5.32 Å². The molecule has 1 fully saturated rings. The van der Waals surface area contributed by atoms with Gasteiger partial charge in [-0.25, -0.2) is 0 Å². The minimum absolute atomic E-state index is 0.0490. The molecule has 0 unspecified atom stereocenters. The Morgan fingerprint density at radius 2 is 1.71 bits per heavy atom. The maximum atomic E-state index is 12.8. The first kappa shape index (κ1) is 19.8. The van der Waals surface area contributed by atoms with Crippen LogP contribution in [0.1, 0.15) is 33.9 Å². The quantitative estimate of drug-likeness (QED) is 0.612. The molecule has 0 saturated carbocycles. The highest BCUT2D eigenvalue weighted by molar-refractivity contribution is 7.17. The minimum Gasteiger partial charge on any atom is -0.383 e. The SMILES string of the molecule is CC(C)Nc1cccc(C(=O)N2CCN(C(=O)c3ccc([N+](=O)[O-])s3)CC2)c1. The van der Waals surface area contributed by atoms with Crippen molar-refractivity contribution < 1.29 is 14.5 Å². The van der Waals surface area contributed by atoms with Gasteiger partial charge in [0.2, 0.25) is 0 Å². The molecule has 0 bridgehead atoms. The molecule has 2 amide bonds. The van der Waals surface area contributed by atoms with Gasteiger partial charge in [-0.2, -0.15) is 0 Å². The van der Waals surface area contributed by atoms with Crippen molar-refractivity contribution in [3.8, 4) is 0 Å². The van der Waals surface area contributed by atoms with Crippen molar-refractivity contribution in [2.24, 2.45) is 0 Å². The molecule has 1 aliphatic rings. The van der Waals surface area contributed by atoms with Crippen LogP contribution in [0.3, 0.4) is 0 Å². The molecule has 0 spiro atoms. The van der Waals surface area contributed by atoms with E-state index in [2.05, 4.69) is 5.32 Å². The molecule has 1 N–H and O–H groups in total. The summed E-state index contributed by atoms with van der Waals surface area (Å²) in [5.74, 6) is -0.292. The van der Waals surface area contributed by atoms with E-state index in [9.17, 15) is 19.7 Å². The van der Waals surface area contributed by atoms with Crippen molar-refractivity contribution in [2.45, 2.75) is 19.9 Å². The first-order chi connectivity index (χ1) is 13.3. The fourth-order valence-corrected chi connectivity index (χ4v) is 3.86. The average molecular weight is 402 g/mol. The van der Waals surface area contributed by atoms with Crippen molar-refractivity contribution in [1.29, 1.82) is 0 Å². The van der Waals surface area contributed by atoms with Crippen LogP contribution in [0.2, 0.25) is 0 Å². The third-order valence-electron chi connectivity index (χ3n) is 4.40. The van der Waals surface area contributed by atoms with Crippen LogP contribution in [0.25, 0.3) is 0 Å². The van der Waals surface area contributed by atoms with E-state index in [0.29, 0.717) is 36.6 Å². The second-order valence-corrected chi connectivity index (χ2v) is 7.92. The van der Waals surface area contributed by atoms with Crippen molar-refractivity contribution in [3.63, 3.8) is 0 Å². The number of nitro groups is 1. The van der Waals surface area contributed by atoms with E-state index in [-0.39, 0.29) is 22.9 Å². The Kier molecular flexibility index (Phi) is 5.93. The smallest absolute Gasteiger partial charge is 0.324 e. The fourth-order valence-electron chi connectivity index (χ4n) is 3.07. The Labute approximate surface area is 166 Å². The monoisotopic (exact) mass is 402 g/mol. The van der Waals surface area contributed by atoms with Crippen LogP contribution in [0.5, 0.6) is 0 Å². The highest BCUT2D eigenvalue weighted by atomic mass is 32.1. The van der Waals surface area contributed by atoms with Gasteiger partial charge >= 0.3 is 5.00 Å². The van der Waals surface area contributed by atoms with Crippen LogP contribution >= 0.6 is 11.3 Å². The number of amides is 2. The summed E-state index contributed by atoms with van der Waals surface area (Å²) < 4.78 is 0. The van der Waals surface area contributed by atoms with Crippen LogP contribution in [-0.2, 0) is 0 Å². The second kappa shape index (κ2) is 8.39. The van der Waals surface area contributed by atoms with E-state index < -0.39 is 4.92 Å². The molecular formula is C19H22N4O4S. The minimum atomic E-state index is -0.500. The number of hydrogen-bond donors (Lipinski definition) is 1. The van der Waals surface area contributed by atoms with Gasteiger partial charge in [0.25, 0.3) is 11.8 Å². The van der Waals surface area contributed by atoms with Gasteiger partial charge in [-0.15, -0.1) is 0 Å².